The molecular formula is C19H22N2. The highest BCUT2D eigenvalue weighted by Crippen LogP contribution is 2.28. The first-order valence-corrected chi connectivity index (χ1v) is 7.86. The molecule has 1 aromatic heterocycles. The van der Waals surface area contributed by atoms with Crippen LogP contribution in [0.15, 0.2) is 42.5 Å². The molecule has 108 valence electrons. The third-order valence-electron chi connectivity index (χ3n) is 4.10. The van der Waals surface area contributed by atoms with E-state index in [1.54, 1.807) is 0 Å². The molecule has 0 unspecified atom stereocenters. The van der Waals surface area contributed by atoms with Gasteiger partial charge in [-0.1, -0.05) is 44.4 Å². The van der Waals surface area contributed by atoms with E-state index in [2.05, 4.69) is 37.3 Å². The Morgan fingerprint density at radius 3 is 2.57 bits per heavy atom. The number of aryl methyl sites for hydroxylation is 1. The lowest BCUT2D eigenvalue weighted by Gasteiger charge is -2.11. The highest BCUT2D eigenvalue weighted by atomic mass is 14.7. The number of hydrogen-bond donors (Lipinski definition) is 1. The first-order valence-electron chi connectivity index (χ1n) is 7.86. The van der Waals surface area contributed by atoms with Crippen LogP contribution in [0, 0.1) is 0 Å². The Hall–Kier alpha value is -2.09. The minimum atomic E-state index is 0.814. The van der Waals surface area contributed by atoms with Gasteiger partial charge in [0, 0.05) is 16.5 Å². The van der Waals surface area contributed by atoms with Crippen LogP contribution in [0.2, 0.25) is 0 Å². The largest absolute Gasteiger partial charge is 0.399 e. The van der Waals surface area contributed by atoms with Crippen molar-refractivity contribution in [2.45, 2.75) is 39.0 Å². The molecule has 2 heteroatoms. The van der Waals surface area contributed by atoms with Gasteiger partial charge in [0.1, 0.15) is 0 Å². The fourth-order valence-corrected chi connectivity index (χ4v) is 2.99. The van der Waals surface area contributed by atoms with Gasteiger partial charge in [0.25, 0.3) is 0 Å². The van der Waals surface area contributed by atoms with Crippen molar-refractivity contribution in [3.8, 4) is 0 Å². The molecule has 0 spiro atoms. The molecule has 0 saturated carbocycles. The van der Waals surface area contributed by atoms with Crippen LogP contribution in [-0.2, 0) is 6.42 Å². The molecule has 1 heterocycles. The third-order valence-corrected chi connectivity index (χ3v) is 4.10. The molecule has 0 aliphatic carbocycles. The van der Waals surface area contributed by atoms with Crippen LogP contribution in [0.3, 0.4) is 0 Å². The molecule has 0 bridgehead atoms. The van der Waals surface area contributed by atoms with Gasteiger partial charge in [0.05, 0.1) is 11.0 Å². The molecule has 21 heavy (non-hydrogen) atoms. The van der Waals surface area contributed by atoms with E-state index < -0.39 is 0 Å². The minimum Gasteiger partial charge on any atom is -0.399 e. The molecule has 0 amide bonds. The Bertz CT molecular complexity index is 762. The number of pyridine rings is 1. The molecule has 2 nitrogen and oxygen atoms in total. The predicted octanol–water partition coefficient (Wildman–Crippen LogP) is 5.09. The minimum absolute atomic E-state index is 0.814. The number of fused-ring (bicyclic) bond motifs is 2. The molecule has 3 aromatic rings. The average molecular weight is 278 g/mol. The number of hydrogen-bond acceptors (Lipinski definition) is 2. The van der Waals surface area contributed by atoms with Crippen molar-refractivity contribution in [1.82, 2.24) is 4.98 Å². The summed E-state index contributed by atoms with van der Waals surface area (Å²) >= 11 is 0. The lowest BCUT2D eigenvalue weighted by atomic mass is 9.97. The summed E-state index contributed by atoms with van der Waals surface area (Å²) in [5.41, 5.74) is 10.3. The van der Waals surface area contributed by atoms with Crippen LogP contribution in [0.25, 0.3) is 21.8 Å². The number of benzene rings is 2. The van der Waals surface area contributed by atoms with Gasteiger partial charge in [0.15, 0.2) is 0 Å². The van der Waals surface area contributed by atoms with Crippen LogP contribution in [-0.4, -0.2) is 4.98 Å². The standard InChI is InChI=1S/C19H22N2/c1-2-3-4-5-8-15-16-9-6-7-10-18(16)21-19-12-11-14(20)13-17(15)19/h6-7,9-13H,2-5,8,20H2,1H3. The lowest BCUT2D eigenvalue weighted by molar-refractivity contribution is 0.669. The second-order valence-corrected chi connectivity index (χ2v) is 5.69. The monoisotopic (exact) mass is 278 g/mol. The van der Waals surface area contributed by atoms with Crippen LogP contribution < -0.4 is 5.73 Å². The van der Waals surface area contributed by atoms with Crippen LogP contribution >= 0.6 is 0 Å². The van der Waals surface area contributed by atoms with E-state index in [0.717, 1.165) is 23.1 Å². The number of rotatable bonds is 5. The van der Waals surface area contributed by atoms with E-state index in [9.17, 15) is 0 Å². The Morgan fingerprint density at radius 2 is 1.71 bits per heavy atom. The van der Waals surface area contributed by atoms with Gasteiger partial charge in [-0.3, -0.25) is 0 Å². The molecule has 3 rings (SSSR count). The van der Waals surface area contributed by atoms with Gasteiger partial charge >= 0.3 is 0 Å². The highest BCUT2D eigenvalue weighted by Gasteiger charge is 2.09. The maximum absolute atomic E-state index is 5.99. The summed E-state index contributed by atoms with van der Waals surface area (Å²) in [6, 6.07) is 14.5. The van der Waals surface area contributed by atoms with Crippen molar-refractivity contribution in [2.24, 2.45) is 0 Å². The molecule has 0 atom stereocenters. The Balaban J connectivity index is 2.12. The molecule has 2 aromatic carbocycles. The van der Waals surface area contributed by atoms with Crippen molar-refractivity contribution in [3.63, 3.8) is 0 Å². The topological polar surface area (TPSA) is 38.9 Å². The van der Waals surface area contributed by atoms with Gasteiger partial charge in [-0.25, -0.2) is 4.98 Å². The maximum atomic E-state index is 5.99. The fraction of sp³-hybridized carbons (Fsp3) is 0.316. The van der Waals surface area contributed by atoms with E-state index in [1.165, 1.54) is 42.0 Å². The van der Waals surface area contributed by atoms with Gasteiger partial charge < -0.3 is 5.73 Å². The van der Waals surface area contributed by atoms with Crippen molar-refractivity contribution in [2.75, 3.05) is 5.73 Å². The van der Waals surface area contributed by atoms with Gasteiger partial charge in [-0.2, -0.15) is 0 Å². The zero-order valence-corrected chi connectivity index (χ0v) is 12.6. The van der Waals surface area contributed by atoms with Crippen molar-refractivity contribution in [1.29, 1.82) is 0 Å². The number of anilines is 1. The van der Waals surface area contributed by atoms with E-state index in [4.69, 9.17) is 10.7 Å². The second kappa shape index (κ2) is 6.13. The summed E-state index contributed by atoms with van der Waals surface area (Å²) in [5, 5.41) is 2.48. The summed E-state index contributed by atoms with van der Waals surface area (Å²) in [5.74, 6) is 0. The quantitative estimate of drug-likeness (QED) is 0.401. The maximum Gasteiger partial charge on any atom is 0.0714 e. The second-order valence-electron chi connectivity index (χ2n) is 5.69. The number of nitrogen functional groups attached to an aromatic ring is 1. The fourth-order valence-electron chi connectivity index (χ4n) is 2.99. The van der Waals surface area contributed by atoms with Gasteiger partial charge in [-0.05, 0) is 42.7 Å². The Morgan fingerprint density at radius 1 is 0.905 bits per heavy atom. The molecule has 0 aliphatic heterocycles. The summed E-state index contributed by atoms with van der Waals surface area (Å²) in [4.78, 5) is 4.77. The molecule has 0 radical (unpaired) electrons. The predicted molar refractivity (Wildman–Crippen MR) is 91.5 cm³/mol. The van der Waals surface area contributed by atoms with Crippen molar-refractivity contribution >= 4 is 27.5 Å². The SMILES string of the molecule is CCCCCCc1c2ccccc2nc2ccc(N)cc12. The number of nitrogens with two attached hydrogens (primary N) is 1. The zero-order valence-electron chi connectivity index (χ0n) is 12.6. The van der Waals surface area contributed by atoms with Crippen LogP contribution in [0.5, 0.6) is 0 Å². The summed E-state index contributed by atoms with van der Waals surface area (Å²) < 4.78 is 0. The zero-order chi connectivity index (χ0) is 14.7. The van der Waals surface area contributed by atoms with Crippen molar-refractivity contribution in [3.05, 3.63) is 48.0 Å². The van der Waals surface area contributed by atoms with Gasteiger partial charge in [-0.15, -0.1) is 0 Å². The molecule has 0 saturated heterocycles. The van der Waals surface area contributed by atoms with Gasteiger partial charge in [0.2, 0.25) is 0 Å². The molecular weight excluding hydrogens is 256 g/mol. The normalized spacial score (nSPS) is 11.3. The molecule has 0 aliphatic rings. The first kappa shape index (κ1) is 13.9. The number of aromatic nitrogens is 1. The summed E-state index contributed by atoms with van der Waals surface area (Å²) in [6.07, 6.45) is 6.19. The smallest absolute Gasteiger partial charge is 0.0714 e. The highest BCUT2D eigenvalue weighted by molar-refractivity contribution is 5.98. The van der Waals surface area contributed by atoms with E-state index in [-0.39, 0.29) is 0 Å². The molecule has 2 N–H and O–H groups in total. The van der Waals surface area contributed by atoms with E-state index >= 15 is 0 Å². The van der Waals surface area contributed by atoms with Crippen LogP contribution in [0.4, 0.5) is 5.69 Å². The Labute approximate surface area is 126 Å². The third kappa shape index (κ3) is 2.85. The number of nitrogens with zero attached hydrogens (tertiary/aromatic N) is 1. The van der Waals surface area contributed by atoms with Crippen molar-refractivity contribution < 1.29 is 0 Å². The average Bonchev–Trinajstić information content (AvgIpc) is 2.51. The lowest BCUT2D eigenvalue weighted by Crippen LogP contribution is -1.95. The Kier molecular flexibility index (Phi) is 4.05. The number of unbranched alkanes of at least 4 members (excludes halogenated alkanes) is 3. The van der Waals surface area contributed by atoms with E-state index in [0.29, 0.717) is 0 Å². The summed E-state index contributed by atoms with van der Waals surface area (Å²) in [7, 11) is 0. The molecule has 0 fully saturated rings. The number of para-hydroxylation sites is 1. The summed E-state index contributed by atoms with van der Waals surface area (Å²) in [6.45, 7) is 2.25. The van der Waals surface area contributed by atoms with Crippen LogP contribution in [0.1, 0.15) is 38.2 Å². The first-order chi connectivity index (χ1) is 10.3. The van der Waals surface area contributed by atoms with E-state index in [1.807, 2.05) is 12.1 Å².